The topological polar surface area (TPSA) is 96.5 Å². The molecule has 1 aliphatic rings. The summed E-state index contributed by atoms with van der Waals surface area (Å²) in [7, 11) is -1.34. The normalized spacial score (nSPS) is 24.1. The van der Waals surface area contributed by atoms with Gasteiger partial charge in [-0.2, -0.15) is 0 Å². The number of hydrogen-bond acceptors (Lipinski definition) is 5. The molecule has 2 atom stereocenters. The van der Waals surface area contributed by atoms with Gasteiger partial charge >= 0.3 is 0 Å². The minimum atomic E-state index is -3.15. The molecule has 0 aliphatic carbocycles. The van der Waals surface area contributed by atoms with E-state index in [2.05, 4.69) is 15.4 Å². The van der Waals surface area contributed by atoms with E-state index in [1.165, 1.54) is 0 Å². The van der Waals surface area contributed by atoms with E-state index in [1.54, 1.807) is 7.05 Å². The van der Waals surface area contributed by atoms with Gasteiger partial charge in [-0.1, -0.05) is 0 Å². The Hall–Kier alpha value is -0.700. The summed E-state index contributed by atoms with van der Waals surface area (Å²) in [5, 5.41) is 5.82. The van der Waals surface area contributed by atoms with Crippen molar-refractivity contribution in [2.75, 3.05) is 39.6 Å². The van der Waals surface area contributed by atoms with Gasteiger partial charge in [-0.15, -0.1) is 0 Å². The lowest BCUT2D eigenvalue weighted by molar-refractivity contribution is -0.125. The quantitative estimate of drug-likeness (QED) is 0.482. The fourth-order valence-corrected chi connectivity index (χ4v) is 2.30. The van der Waals surface area contributed by atoms with Crippen LogP contribution in [0, 0.1) is 5.92 Å². The molecule has 0 radical (unpaired) electrons. The number of carbonyl (C=O) groups is 1. The van der Waals surface area contributed by atoms with Gasteiger partial charge in [0.05, 0.1) is 25.4 Å². The van der Waals surface area contributed by atoms with Crippen LogP contribution in [-0.4, -0.2) is 60.0 Å². The third kappa shape index (κ3) is 5.30. The zero-order valence-corrected chi connectivity index (χ0v) is 11.5. The van der Waals surface area contributed by atoms with Crippen molar-refractivity contribution in [2.45, 2.75) is 12.5 Å². The second-order valence-corrected chi connectivity index (χ2v) is 6.18. The van der Waals surface area contributed by atoms with E-state index in [4.69, 9.17) is 4.74 Å². The maximum atomic E-state index is 11.8. The Morgan fingerprint density at radius 1 is 1.33 bits per heavy atom. The van der Waals surface area contributed by atoms with Gasteiger partial charge in [-0.3, -0.25) is 4.79 Å². The minimum absolute atomic E-state index is 0.0498. The van der Waals surface area contributed by atoms with E-state index < -0.39 is 10.0 Å². The number of rotatable bonds is 7. The van der Waals surface area contributed by atoms with Gasteiger partial charge in [0.15, 0.2) is 0 Å². The lowest BCUT2D eigenvalue weighted by atomic mass is 10.0. The van der Waals surface area contributed by atoms with E-state index in [9.17, 15) is 13.2 Å². The minimum Gasteiger partial charge on any atom is -0.379 e. The summed E-state index contributed by atoms with van der Waals surface area (Å²) in [6, 6.07) is 0.0548. The molecule has 0 aromatic heterocycles. The van der Waals surface area contributed by atoms with E-state index in [-0.39, 0.29) is 17.9 Å². The first-order valence-electron chi connectivity index (χ1n) is 5.91. The summed E-state index contributed by atoms with van der Waals surface area (Å²) in [5.74, 6) is -0.218. The van der Waals surface area contributed by atoms with E-state index >= 15 is 0 Å². The number of likely N-dealkylation sites (N-methyl/N-ethyl adjacent to an activating group) is 1. The van der Waals surface area contributed by atoms with Crippen molar-refractivity contribution in [1.82, 2.24) is 15.4 Å². The van der Waals surface area contributed by atoms with Gasteiger partial charge in [-0.25, -0.2) is 13.1 Å². The molecule has 0 spiro atoms. The highest BCUT2D eigenvalue weighted by molar-refractivity contribution is 7.88. The fourth-order valence-electron chi connectivity index (χ4n) is 1.79. The van der Waals surface area contributed by atoms with Crippen LogP contribution in [-0.2, 0) is 19.6 Å². The lowest BCUT2D eigenvalue weighted by Crippen LogP contribution is -2.43. The van der Waals surface area contributed by atoms with Crippen molar-refractivity contribution in [1.29, 1.82) is 0 Å². The number of nitrogens with one attached hydrogen (secondary N) is 3. The Morgan fingerprint density at radius 2 is 2.06 bits per heavy atom. The van der Waals surface area contributed by atoms with Crippen molar-refractivity contribution in [3.8, 4) is 0 Å². The number of hydrogen-bond donors (Lipinski definition) is 3. The highest BCUT2D eigenvalue weighted by Gasteiger charge is 2.32. The molecule has 0 saturated carbocycles. The maximum absolute atomic E-state index is 11.8. The van der Waals surface area contributed by atoms with Gasteiger partial charge < -0.3 is 15.4 Å². The molecule has 1 rings (SSSR count). The molecule has 1 amide bonds. The monoisotopic (exact) mass is 279 g/mol. The van der Waals surface area contributed by atoms with Crippen LogP contribution in [0.15, 0.2) is 0 Å². The number of amides is 1. The first kappa shape index (κ1) is 15.4. The molecule has 18 heavy (non-hydrogen) atoms. The average Bonchev–Trinajstić information content (AvgIpc) is 2.74. The summed E-state index contributed by atoms with van der Waals surface area (Å²) in [4.78, 5) is 11.8. The van der Waals surface area contributed by atoms with E-state index in [0.29, 0.717) is 32.7 Å². The van der Waals surface area contributed by atoms with Crippen molar-refractivity contribution in [3.63, 3.8) is 0 Å². The van der Waals surface area contributed by atoms with Crippen LogP contribution >= 0.6 is 0 Å². The highest BCUT2D eigenvalue weighted by atomic mass is 32.2. The van der Waals surface area contributed by atoms with Crippen LogP contribution in [0.25, 0.3) is 0 Å². The highest BCUT2D eigenvalue weighted by Crippen LogP contribution is 2.13. The first-order chi connectivity index (χ1) is 8.44. The molecule has 8 heteroatoms. The maximum Gasteiger partial charge on any atom is 0.227 e. The van der Waals surface area contributed by atoms with Crippen molar-refractivity contribution in [2.24, 2.45) is 5.92 Å². The van der Waals surface area contributed by atoms with Gasteiger partial charge in [0, 0.05) is 19.1 Å². The molecule has 2 unspecified atom stereocenters. The van der Waals surface area contributed by atoms with Crippen LogP contribution in [0.5, 0.6) is 0 Å². The summed E-state index contributed by atoms with van der Waals surface area (Å²) in [5.41, 5.74) is 0. The summed E-state index contributed by atoms with van der Waals surface area (Å²) >= 11 is 0. The molecule has 0 aromatic rings. The average molecular weight is 279 g/mol. The molecule has 3 N–H and O–H groups in total. The van der Waals surface area contributed by atoms with Gasteiger partial charge in [0.2, 0.25) is 15.9 Å². The SMILES string of the molecule is CNC1COCC1C(=O)NCCCNS(C)(=O)=O. The summed E-state index contributed by atoms with van der Waals surface area (Å²) < 4.78 is 29.2. The molecule has 0 bridgehead atoms. The molecular formula is C10H21N3O4S. The zero-order valence-electron chi connectivity index (χ0n) is 10.7. The van der Waals surface area contributed by atoms with Crippen LogP contribution in [0.3, 0.4) is 0 Å². The molecule has 106 valence electrons. The zero-order chi connectivity index (χ0) is 13.6. The van der Waals surface area contributed by atoms with Gasteiger partial charge in [0.1, 0.15) is 0 Å². The first-order valence-corrected chi connectivity index (χ1v) is 7.80. The lowest BCUT2D eigenvalue weighted by Gasteiger charge is -2.16. The Labute approximate surface area is 108 Å². The summed E-state index contributed by atoms with van der Waals surface area (Å²) in [6.07, 6.45) is 1.68. The van der Waals surface area contributed by atoms with E-state index in [1.807, 2.05) is 0 Å². The molecular weight excluding hydrogens is 258 g/mol. The van der Waals surface area contributed by atoms with Crippen molar-refractivity contribution >= 4 is 15.9 Å². The molecule has 0 aromatic carbocycles. The van der Waals surface area contributed by atoms with Crippen LogP contribution < -0.4 is 15.4 Å². The molecule has 1 fully saturated rings. The summed E-state index contributed by atoms with van der Waals surface area (Å²) in [6.45, 7) is 1.76. The predicted octanol–water partition coefficient (Wildman–Crippen LogP) is -1.72. The second-order valence-electron chi connectivity index (χ2n) is 4.35. The smallest absolute Gasteiger partial charge is 0.227 e. The van der Waals surface area contributed by atoms with Crippen LogP contribution in [0.1, 0.15) is 6.42 Å². The fraction of sp³-hybridized carbons (Fsp3) is 0.900. The van der Waals surface area contributed by atoms with Crippen molar-refractivity contribution in [3.05, 3.63) is 0 Å². The standard InChI is InChI=1S/C10H21N3O4S/c1-11-9-7-17-6-8(9)10(14)12-4-3-5-13-18(2,15)16/h8-9,11,13H,3-7H2,1-2H3,(H,12,14). The van der Waals surface area contributed by atoms with E-state index in [0.717, 1.165) is 6.26 Å². The Morgan fingerprint density at radius 3 is 2.67 bits per heavy atom. The Balaban J connectivity index is 2.17. The largest absolute Gasteiger partial charge is 0.379 e. The Kier molecular flexibility index (Phi) is 6.00. The molecule has 1 aliphatic heterocycles. The van der Waals surface area contributed by atoms with Crippen LogP contribution in [0.4, 0.5) is 0 Å². The van der Waals surface area contributed by atoms with Gasteiger partial charge in [0.25, 0.3) is 0 Å². The molecule has 1 heterocycles. The van der Waals surface area contributed by atoms with Crippen molar-refractivity contribution < 1.29 is 17.9 Å². The second kappa shape index (κ2) is 7.03. The molecule has 7 nitrogen and oxygen atoms in total. The Bertz CT molecular complexity index is 371. The van der Waals surface area contributed by atoms with Crippen LogP contribution in [0.2, 0.25) is 0 Å². The number of carbonyl (C=O) groups excluding carboxylic acids is 1. The number of ether oxygens (including phenoxy) is 1. The molecule has 1 saturated heterocycles. The third-order valence-corrected chi connectivity index (χ3v) is 3.53. The number of sulfonamides is 1. The van der Waals surface area contributed by atoms with Gasteiger partial charge in [-0.05, 0) is 13.5 Å². The third-order valence-electron chi connectivity index (χ3n) is 2.81. The predicted molar refractivity (Wildman–Crippen MR) is 67.6 cm³/mol.